The molecule has 9 aromatic rings. The van der Waals surface area contributed by atoms with E-state index in [1.807, 2.05) is 162 Å². The molecule has 1 saturated heterocycles. The average molecular weight is 1680 g/mol. The van der Waals surface area contributed by atoms with Crippen LogP contribution in [0.25, 0.3) is 0 Å². The van der Waals surface area contributed by atoms with Crippen LogP contribution in [0.2, 0.25) is 0 Å². The van der Waals surface area contributed by atoms with Gasteiger partial charge in [-0.05, 0) is 272 Å². The fourth-order valence-electron chi connectivity index (χ4n) is 11.1. The Labute approximate surface area is 708 Å². The molecule has 10 rings (SSSR count). The van der Waals surface area contributed by atoms with Gasteiger partial charge in [-0.3, -0.25) is 9.80 Å². The maximum atomic E-state index is 13.4. The van der Waals surface area contributed by atoms with Crippen LogP contribution < -0.4 is 24.2 Å². The first kappa shape index (κ1) is 106. The van der Waals surface area contributed by atoms with Crippen molar-refractivity contribution >= 4 is 10.0 Å². The van der Waals surface area contributed by atoms with Crippen molar-refractivity contribution in [3.8, 4) is 23.0 Å². The van der Waals surface area contributed by atoms with Gasteiger partial charge >= 0.3 is 0 Å². The standard InChI is InChI=1S/C15H22FNO.C13H21FN2.C13H20FNO.C11H16FNO2S.C10H13FO.C9H11FO.3C9H11F/c1-12(2)13-9-14(16)11-15(10-13)18-8-7-17-5-3-4-6-17;1-10(2)12-5-11(6-13(14)7-12)8-15-9-16(3)4;1-10(2)11-7-12(14)9-13(8-11)16-6-5-15(3)4;1-8(2)10-4-9(5-11(12)6-10)7-13-16(3,14)15;1-7(2)8-4-9(11)6-10(5-8)12-3;1-6(2)7-3-8(10)5-9(11)4-7;1-7(2)8-3-5-9(10)6-4-8;1-7(2)8-4-3-5-9(10)6-8;1-7(2)8-5-3-4-6-9(8)10/h9-12H,3-8H2,1-2H3;5-7,10,15H,8-9H2,1-4H3;7-10H,5-6H2,1-4H3;4-6,8,13H,7H2,1-3H3;4-7H,1-3H3;3-6,11H,1-2H3;3*3-7H,1-2H3. The van der Waals surface area contributed by atoms with Crippen molar-refractivity contribution in [3.05, 3.63) is 296 Å². The van der Waals surface area contributed by atoms with Crippen LogP contribution in [0.1, 0.15) is 252 Å². The lowest BCUT2D eigenvalue weighted by Gasteiger charge is -2.15. The second-order valence-corrected chi connectivity index (χ2v) is 34.6. The minimum atomic E-state index is -3.24. The normalized spacial score (nSPS) is 11.8. The smallest absolute Gasteiger partial charge is 0.209 e. The zero-order chi connectivity index (χ0) is 89.8. The van der Waals surface area contributed by atoms with Crippen molar-refractivity contribution in [2.75, 3.05) is 87.6 Å². The lowest BCUT2D eigenvalue weighted by atomic mass is 10.0. The summed E-state index contributed by atoms with van der Waals surface area (Å²) in [7, 11) is 6.26. The molecule has 0 unspecified atom stereocenters. The number of sulfonamides is 1. The van der Waals surface area contributed by atoms with E-state index in [1.165, 1.54) is 98.2 Å². The molecule has 9 aromatic carbocycles. The number of hydrogen-bond acceptors (Lipinski definition) is 10. The number of nitrogens with one attached hydrogen (secondary N) is 2. The Morgan fingerprint density at radius 3 is 1.15 bits per heavy atom. The van der Waals surface area contributed by atoms with Gasteiger partial charge in [0.25, 0.3) is 0 Å². The van der Waals surface area contributed by atoms with Crippen LogP contribution in [0, 0.1) is 52.4 Å². The Balaban J connectivity index is 0.000000457. The number of aromatic hydroxyl groups is 1. The third kappa shape index (κ3) is 47.2. The third-order valence-corrected chi connectivity index (χ3v) is 19.0. The fraction of sp³-hybridized carbons (Fsp3) is 0.449. The Bertz CT molecular complexity index is 4370. The van der Waals surface area contributed by atoms with Crippen LogP contribution >= 0.6 is 0 Å². The number of hydrogen-bond donors (Lipinski definition) is 3. The number of methoxy groups -OCH3 is 1. The van der Waals surface area contributed by atoms with E-state index in [0.717, 1.165) is 82.2 Å². The van der Waals surface area contributed by atoms with Gasteiger partial charge in [-0.25, -0.2) is 52.7 Å². The quantitative estimate of drug-likeness (QED) is 0.0377. The Morgan fingerprint density at radius 2 is 0.773 bits per heavy atom. The second-order valence-electron chi connectivity index (χ2n) is 32.7. The summed E-state index contributed by atoms with van der Waals surface area (Å²) in [6.45, 7) is 43.4. The van der Waals surface area contributed by atoms with Gasteiger partial charge < -0.3 is 29.5 Å². The first-order chi connectivity index (χ1) is 55.7. The lowest BCUT2D eigenvalue weighted by molar-refractivity contribution is 0.237. The minimum absolute atomic E-state index is 0.00583. The summed E-state index contributed by atoms with van der Waals surface area (Å²) >= 11 is 0. The molecule has 1 aliphatic heterocycles. The molecule has 0 radical (unpaired) electrons. The molecule has 1 aliphatic rings. The number of phenols is 1. The first-order valence-corrected chi connectivity index (χ1v) is 42.9. The maximum absolute atomic E-state index is 13.4. The number of nitrogens with zero attached hydrogens (tertiary/aromatic N) is 3. The summed E-state index contributed by atoms with van der Waals surface area (Å²) in [5.74, 6) is 2.86. The SMILES string of the molecule is CC(C)c1cc(F)cc(CNCN(C)C)c1.CC(C)c1cc(F)cc(CNS(C)(=O)=O)c1.CC(C)c1cc(F)cc(OCCN(C)C)c1.CC(C)c1cc(F)cc(OCCN2CCCC2)c1.CC(C)c1cc(O)cc(F)c1.CC(C)c1ccc(F)cc1.CC(C)c1cccc(F)c1.CC(C)c1ccccc1F.COc1cc(F)cc(C(C)C)c1. The van der Waals surface area contributed by atoms with Crippen LogP contribution in [0.4, 0.5) is 39.5 Å². The molecule has 0 bridgehead atoms. The van der Waals surface area contributed by atoms with E-state index in [4.69, 9.17) is 19.3 Å². The fourth-order valence-corrected chi connectivity index (χ4v) is 11.6. The van der Waals surface area contributed by atoms with E-state index >= 15 is 0 Å². The molecule has 0 atom stereocenters. The van der Waals surface area contributed by atoms with Gasteiger partial charge in [-0.1, -0.05) is 179 Å². The van der Waals surface area contributed by atoms with E-state index < -0.39 is 10.0 Å². The monoisotopic (exact) mass is 1680 g/mol. The molecule has 11 nitrogen and oxygen atoms in total. The molecule has 0 amide bonds. The Hall–Kier alpha value is -8.70. The summed E-state index contributed by atoms with van der Waals surface area (Å²) in [5, 5.41) is 12.3. The minimum Gasteiger partial charge on any atom is -0.508 e. The van der Waals surface area contributed by atoms with Crippen molar-refractivity contribution in [2.24, 2.45) is 0 Å². The van der Waals surface area contributed by atoms with Gasteiger partial charge in [0, 0.05) is 57.1 Å². The Morgan fingerprint density at radius 1 is 0.387 bits per heavy atom. The molecule has 119 heavy (non-hydrogen) atoms. The number of benzene rings is 9. The van der Waals surface area contributed by atoms with E-state index in [9.17, 15) is 47.9 Å². The van der Waals surface area contributed by atoms with Crippen LogP contribution in [0.15, 0.2) is 182 Å². The molecule has 0 spiro atoms. The molecule has 0 saturated carbocycles. The lowest BCUT2D eigenvalue weighted by Crippen LogP contribution is -2.27. The molecule has 0 aromatic heterocycles. The predicted octanol–water partition coefficient (Wildman–Crippen LogP) is 25.3. The van der Waals surface area contributed by atoms with E-state index in [2.05, 4.69) is 76.4 Å². The maximum Gasteiger partial charge on any atom is 0.209 e. The number of likely N-dealkylation sites (tertiary alicyclic amines) is 1. The molecular formula is C98H136F9N5O6S. The zero-order valence-electron chi connectivity index (χ0n) is 74.9. The van der Waals surface area contributed by atoms with Crippen LogP contribution in [0.5, 0.6) is 23.0 Å². The molecule has 3 N–H and O–H groups in total. The van der Waals surface area contributed by atoms with Crippen LogP contribution in [0.3, 0.4) is 0 Å². The summed E-state index contributed by atoms with van der Waals surface area (Å²) < 4.78 is 157. The van der Waals surface area contributed by atoms with Gasteiger partial charge in [-0.15, -0.1) is 0 Å². The highest BCUT2D eigenvalue weighted by Crippen LogP contribution is 2.28. The van der Waals surface area contributed by atoms with Crippen molar-refractivity contribution < 1.29 is 67.2 Å². The van der Waals surface area contributed by atoms with Crippen LogP contribution in [-0.4, -0.2) is 116 Å². The molecule has 21 heteroatoms. The third-order valence-electron chi connectivity index (χ3n) is 18.3. The first-order valence-electron chi connectivity index (χ1n) is 41.0. The van der Waals surface area contributed by atoms with E-state index in [0.29, 0.717) is 78.1 Å². The molecular weight excluding hydrogens is 1550 g/mol. The second kappa shape index (κ2) is 56.0. The number of phenolic OH excluding ortho intramolecular Hbond substituents is 1. The van der Waals surface area contributed by atoms with Gasteiger partial charge in [0.05, 0.1) is 13.4 Å². The summed E-state index contributed by atoms with van der Waals surface area (Å²) in [4.78, 5) is 6.47. The molecule has 1 heterocycles. The van der Waals surface area contributed by atoms with Gasteiger partial charge in [0.2, 0.25) is 10.0 Å². The highest BCUT2D eigenvalue weighted by molar-refractivity contribution is 7.88. The van der Waals surface area contributed by atoms with E-state index in [-0.39, 0.29) is 82.4 Å². The van der Waals surface area contributed by atoms with Gasteiger partial charge in [-0.2, -0.15) is 0 Å². The highest BCUT2D eigenvalue weighted by atomic mass is 32.2. The van der Waals surface area contributed by atoms with Crippen molar-refractivity contribution in [1.82, 2.24) is 24.7 Å². The number of ether oxygens (including phenoxy) is 3. The number of rotatable bonds is 25. The summed E-state index contributed by atoms with van der Waals surface area (Å²) in [5.41, 5.74) is 10.3. The zero-order valence-corrected chi connectivity index (χ0v) is 75.8. The largest absolute Gasteiger partial charge is 0.508 e. The van der Waals surface area contributed by atoms with E-state index in [1.54, 1.807) is 55.6 Å². The topological polar surface area (TPSA) is 116 Å². The van der Waals surface area contributed by atoms with Crippen molar-refractivity contribution in [3.63, 3.8) is 0 Å². The predicted molar refractivity (Wildman–Crippen MR) is 475 cm³/mol. The number of likely N-dealkylation sites (N-methyl/N-ethyl adjacent to an activating group) is 1. The van der Waals surface area contributed by atoms with Crippen LogP contribution in [-0.2, 0) is 23.1 Å². The summed E-state index contributed by atoms with van der Waals surface area (Å²) in [6.07, 6.45) is 3.66. The van der Waals surface area contributed by atoms with Gasteiger partial charge in [0.1, 0.15) is 88.6 Å². The summed E-state index contributed by atoms with van der Waals surface area (Å²) in [6, 6.07) is 48.9. The average Bonchev–Trinajstić information content (AvgIpc) is 0.942. The van der Waals surface area contributed by atoms with Crippen molar-refractivity contribution in [2.45, 2.75) is 204 Å². The Kier molecular flexibility index (Phi) is 50.1. The van der Waals surface area contributed by atoms with Gasteiger partial charge in [0.15, 0.2) is 0 Å². The molecule has 0 aliphatic carbocycles. The molecule has 658 valence electrons. The van der Waals surface area contributed by atoms with Crippen molar-refractivity contribution in [1.29, 1.82) is 0 Å². The number of halogens is 9. The molecule has 1 fully saturated rings. The highest BCUT2D eigenvalue weighted by Gasteiger charge is 2.14.